The Morgan fingerprint density at radius 3 is 2.59 bits per heavy atom. The molecule has 5 heteroatoms. The van der Waals surface area contributed by atoms with E-state index >= 15 is 0 Å². The van der Waals surface area contributed by atoms with E-state index in [0.717, 1.165) is 19.6 Å². The van der Waals surface area contributed by atoms with Gasteiger partial charge in [0.25, 0.3) is 0 Å². The fourth-order valence-corrected chi connectivity index (χ4v) is 2.00. The van der Waals surface area contributed by atoms with Crippen LogP contribution in [0.3, 0.4) is 0 Å². The first-order valence-corrected chi connectivity index (χ1v) is 6.27. The number of ether oxygens (including phenoxy) is 1. The zero-order valence-electron chi connectivity index (χ0n) is 11.4. The van der Waals surface area contributed by atoms with Gasteiger partial charge >= 0.3 is 0 Å². The van der Waals surface area contributed by atoms with Gasteiger partial charge in [-0.1, -0.05) is 6.92 Å². The van der Waals surface area contributed by atoms with Crippen LogP contribution in [-0.4, -0.2) is 75.7 Å². The van der Waals surface area contributed by atoms with Gasteiger partial charge < -0.3 is 19.9 Å². The van der Waals surface area contributed by atoms with Crippen LogP contribution in [0.1, 0.15) is 6.92 Å². The number of carbonyl (C=O) groups excluding carboxylic acids is 1. The maximum atomic E-state index is 12.2. The van der Waals surface area contributed by atoms with Crippen LogP contribution < -0.4 is 5.32 Å². The number of likely N-dealkylation sites (N-methyl/N-ethyl adjacent to an activating group) is 3. The molecule has 0 aromatic carbocycles. The summed E-state index contributed by atoms with van der Waals surface area (Å²) in [5.74, 6) is 0.164. The first kappa shape index (κ1) is 14.4. The summed E-state index contributed by atoms with van der Waals surface area (Å²) in [7, 11) is 5.89. The molecule has 1 aliphatic heterocycles. The van der Waals surface area contributed by atoms with E-state index in [9.17, 15) is 4.79 Å². The molecule has 0 bridgehead atoms. The third-order valence-electron chi connectivity index (χ3n) is 3.12. The summed E-state index contributed by atoms with van der Waals surface area (Å²) in [5.41, 5.74) is 0. The predicted octanol–water partition coefficient (Wildman–Crippen LogP) is -0.369. The van der Waals surface area contributed by atoms with E-state index in [1.54, 1.807) is 0 Å². The number of hydrogen-bond acceptors (Lipinski definition) is 4. The first-order chi connectivity index (χ1) is 8.06. The van der Waals surface area contributed by atoms with E-state index in [1.165, 1.54) is 0 Å². The van der Waals surface area contributed by atoms with Crippen LogP contribution in [0.2, 0.25) is 0 Å². The minimum absolute atomic E-state index is 0.0258. The number of rotatable bonds is 6. The van der Waals surface area contributed by atoms with Crippen LogP contribution in [0, 0.1) is 5.92 Å². The molecule has 17 heavy (non-hydrogen) atoms. The molecule has 0 aromatic rings. The lowest BCUT2D eigenvalue weighted by Crippen LogP contribution is -2.45. The highest BCUT2D eigenvalue weighted by Crippen LogP contribution is 2.16. The summed E-state index contributed by atoms with van der Waals surface area (Å²) >= 11 is 0. The standard InChI is InChI=1S/C12H25N3O2/c1-5-13-11-9-17-8-10(11)12(16)15(4)7-6-14(2)3/h10-11,13H,5-9H2,1-4H3. The van der Waals surface area contributed by atoms with Gasteiger partial charge in [0, 0.05) is 26.2 Å². The molecule has 2 unspecified atom stereocenters. The topological polar surface area (TPSA) is 44.8 Å². The van der Waals surface area contributed by atoms with E-state index in [1.807, 2.05) is 26.0 Å². The molecule has 2 atom stereocenters. The molecule has 1 amide bonds. The van der Waals surface area contributed by atoms with E-state index in [0.29, 0.717) is 13.2 Å². The molecule has 0 aromatic heterocycles. The molecule has 1 fully saturated rings. The van der Waals surface area contributed by atoms with E-state index in [2.05, 4.69) is 17.1 Å². The predicted molar refractivity (Wildman–Crippen MR) is 68.0 cm³/mol. The number of carbonyl (C=O) groups is 1. The quantitative estimate of drug-likeness (QED) is 0.691. The Morgan fingerprint density at radius 2 is 2.00 bits per heavy atom. The van der Waals surface area contributed by atoms with Gasteiger partial charge in [0.05, 0.1) is 19.1 Å². The molecular weight excluding hydrogens is 218 g/mol. The molecule has 1 aliphatic rings. The molecule has 100 valence electrons. The lowest BCUT2D eigenvalue weighted by Gasteiger charge is -2.25. The zero-order chi connectivity index (χ0) is 12.8. The Labute approximate surface area is 104 Å². The zero-order valence-corrected chi connectivity index (χ0v) is 11.4. The summed E-state index contributed by atoms with van der Waals surface area (Å²) in [6, 6.07) is 0.175. The van der Waals surface area contributed by atoms with E-state index in [-0.39, 0.29) is 17.9 Å². The number of amides is 1. The summed E-state index contributed by atoms with van der Waals surface area (Å²) in [6.07, 6.45) is 0. The van der Waals surface area contributed by atoms with Gasteiger partial charge in [-0.25, -0.2) is 0 Å². The molecule has 0 spiro atoms. The average Bonchev–Trinajstić information content (AvgIpc) is 2.73. The Balaban J connectivity index is 2.44. The highest BCUT2D eigenvalue weighted by atomic mass is 16.5. The van der Waals surface area contributed by atoms with Gasteiger partial charge in [-0.2, -0.15) is 0 Å². The van der Waals surface area contributed by atoms with Gasteiger partial charge in [-0.3, -0.25) is 4.79 Å². The number of hydrogen-bond donors (Lipinski definition) is 1. The lowest BCUT2D eigenvalue weighted by atomic mass is 10.0. The highest BCUT2D eigenvalue weighted by molar-refractivity contribution is 5.79. The third-order valence-corrected chi connectivity index (χ3v) is 3.12. The van der Waals surface area contributed by atoms with E-state index < -0.39 is 0 Å². The van der Waals surface area contributed by atoms with Gasteiger partial charge in [0.15, 0.2) is 0 Å². The van der Waals surface area contributed by atoms with Gasteiger partial charge in [0.1, 0.15) is 0 Å². The van der Waals surface area contributed by atoms with Gasteiger partial charge in [0.2, 0.25) is 5.91 Å². The normalized spacial score (nSPS) is 24.3. The Bertz CT molecular complexity index is 246. The monoisotopic (exact) mass is 243 g/mol. The van der Waals surface area contributed by atoms with Crippen LogP contribution in [0.5, 0.6) is 0 Å². The maximum Gasteiger partial charge on any atom is 0.229 e. The SMILES string of the molecule is CCNC1COCC1C(=O)N(C)CCN(C)C. The second-order valence-electron chi connectivity index (χ2n) is 4.87. The summed E-state index contributed by atoms with van der Waals surface area (Å²) in [5, 5.41) is 3.31. The van der Waals surface area contributed by atoms with Crippen molar-refractivity contribution >= 4 is 5.91 Å². The largest absolute Gasteiger partial charge is 0.379 e. The van der Waals surface area contributed by atoms with Crippen molar-refractivity contribution in [2.75, 3.05) is 54.0 Å². The van der Waals surface area contributed by atoms with E-state index in [4.69, 9.17) is 4.74 Å². The summed E-state index contributed by atoms with van der Waals surface area (Å²) in [4.78, 5) is 16.1. The lowest BCUT2D eigenvalue weighted by molar-refractivity contribution is -0.134. The smallest absolute Gasteiger partial charge is 0.229 e. The van der Waals surface area contributed by atoms with Crippen molar-refractivity contribution < 1.29 is 9.53 Å². The van der Waals surface area contributed by atoms with Crippen LogP contribution >= 0.6 is 0 Å². The Kier molecular flexibility index (Phi) is 5.88. The van der Waals surface area contributed by atoms with Crippen LogP contribution in [0.4, 0.5) is 0 Å². The fraction of sp³-hybridized carbons (Fsp3) is 0.917. The van der Waals surface area contributed by atoms with Crippen LogP contribution in [0.25, 0.3) is 0 Å². The van der Waals surface area contributed by atoms with Gasteiger partial charge in [-0.05, 0) is 20.6 Å². The molecule has 5 nitrogen and oxygen atoms in total. The molecule has 0 radical (unpaired) electrons. The van der Waals surface area contributed by atoms with Crippen molar-refractivity contribution in [2.24, 2.45) is 5.92 Å². The minimum Gasteiger partial charge on any atom is -0.379 e. The van der Waals surface area contributed by atoms with Gasteiger partial charge in [-0.15, -0.1) is 0 Å². The van der Waals surface area contributed by atoms with Crippen molar-refractivity contribution in [1.82, 2.24) is 15.1 Å². The molecule has 0 saturated carbocycles. The molecule has 1 N–H and O–H groups in total. The van der Waals surface area contributed by atoms with Crippen LogP contribution in [0.15, 0.2) is 0 Å². The third kappa shape index (κ3) is 4.26. The Morgan fingerprint density at radius 1 is 1.29 bits per heavy atom. The first-order valence-electron chi connectivity index (χ1n) is 6.27. The molecule has 1 saturated heterocycles. The maximum absolute atomic E-state index is 12.2. The minimum atomic E-state index is -0.0258. The molecule has 1 heterocycles. The summed E-state index contributed by atoms with van der Waals surface area (Å²) in [6.45, 7) is 5.77. The van der Waals surface area contributed by atoms with Crippen molar-refractivity contribution in [3.63, 3.8) is 0 Å². The molecular formula is C12H25N3O2. The van der Waals surface area contributed by atoms with Crippen molar-refractivity contribution in [1.29, 1.82) is 0 Å². The van der Waals surface area contributed by atoms with Crippen molar-refractivity contribution in [3.8, 4) is 0 Å². The summed E-state index contributed by atoms with van der Waals surface area (Å²) < 4.78 is 5.40. The second-order valence-corrected chi connectivity index (χ2v) is 4.87. The van der Waals surface area contributed by atoms with Crippen LogP contribution in [-0.2, 0) is 9.53 Å². The Hall–Kier alpha value is -0.650. The highest BCUT2D eigenvalue weighted by Gasteiger charge is 2.34. The molecule has 1 rings (SSSR count). The second kappa shape index (κ2) is 6.93. The average molecular weight is 243 g/mol. The van der Waals surface area contributed by atoms with Crippen molar-refractivity contribution in [2.45, 2.75) is 13.0 Å². The fourth-order valence-electron chi connectivity index (χ4n) is 2.00. The number of nitrogens with zero attached hydrogens (tertiary/aromatic N) is 2. The molecule has 0 aliphatic carbocycles. The van der Waals surface area contributed by atoms with Crippen molar-refractivity contribution in [3.05, 3.63) is 0 Å². The number of nitrogens with one attached hydrogen (secondary N) is 1.